The number of fused-ring (bicyclic) bond motifs is 2. The Morgan fingerprint density at radius 1 is 1.07 bits per heavy atom. The molecule has 0 radical (unpaired) electrons. The average molecular weight is 415 g/mol. The maximum atomic E-state index is 13.4. The second kappa shape index (κ2) is 7.16. The van der Waals surface area contributed by atoms with Gasteiger partial charge in [0.2, 0.25) is 10.0 Å². The number of para-hydroxylation sites is 1. The standard InChI is InChI=1S/C20H22FN5O2S/c21-15-7-9-18(10-8-15)29(27,28)26-14-16-4-3-11-24(16)12-17(26)13-25-20-6-2-1-5-19(20)22-23-25/h1-2,5-10,16-17H,3-4,11-14H2. The van der Waals surface area contributed by atoms with Crippen LogP contribution in [0, 0.1) is 5.82 Å². The largest absolute Gasteiger partial charge is 0.297 e. The third kappa shape index (κ3) is 3.33. The van der Waals surface area contributed by atoms with Crippen LogP contribution in [0.3, 0.4) is 0 Å². The van der Waals surface area contributed by atoms with Crippen molar-refractivity contribution in [2.45, 2.75) is 36.4 Å². The van der Waals surface area contributed by atoms with Crippen molar-refractivity contribution in [1.29, 1.82) is 0 Å². The van der Waals surface area contributed by atoms with Crippen molar-refractivity contribution in [3.05, 3.63) is 54.3 Å². The molecular formula is C20H22FN5O2S. The van der Waals surface area contributed by atoms with Gasteiger partial charge in [0.25, 0.3) is 0 Å². The molecule has 0 saturated carbocycles. The van der Waals surface area contributed by atoms with Gasteiger partial charge in [-0.05, 0) is 55.8 Å². The van der Waals surface area contributed by atoms with Crippen molar-refractivity contribution in [2.75, 3.05) is 19.6 Å². The molecule has 2 saturated heterocycles. The molecular weight excluding hydrogens is 393 g/mol. The SMILES string of the molecule is O=S(=O)(c1ccc(F)cc1)N1CC2CCCN2CC1Cn1nnc2ccccc21. The number of aromatic nitrogens is 3. The molecule has 29 heavy (non-hydrogen) atoms. The zero-order valence-electron chi connectivity index (χ0n) is 15.9. The number of sulfonamides is 1. The summed E-state index contributed by atoms with van der Waals surface area (Å²) in [5.74, 6) is -0.449. The summed E-state index contributed by atoms with van der Waals surface area (Å²) in [4.78, 5) is 2.50. The summed E-state index contributed by atoms with van der Waals surface area (Å²) >= 11 is 0. The zero-order valence-corrected chi connectivity index (χ0v) is 16.7. The Morgan fingerprint density at radius 3 is 2.69 bits per heavy atom. The van der Waals surface area contributed by atoms with Crippen LogP contribution in [-0.2, 0) is 16.6 Å². The van der Waals surface area contributed by atoms with Crippen LogP contribution in [0.15, 0.2) is 53.4 Å². The summed E-state index contributed by atoms with van der Waals surface area (Å²) in [5, 5.41) is 8.45. The van der Waals surface area contributed by atoms with E-state index >= 15 is 0 Å². The fraction of sp³-hybridized carbons (Fsp3) is 0.400. The molecule has 3 aromatic rings. The van der Waals surface area contributed by atoms with Gasteiger partial charge in [0, 0.05) is 19.1 Å². The van der Waals surface area contributed by atoms with Gasteiger partial charge in [0.1, 0.15) is 11.3 Å². The molecule has 2 atom stereocenters. The highest BCUT2D eigenvalue weighted by molar-refractivity contribution is 7.89. The fourth-order valence-corrected chi connectivity index (χ4v) is 6.14. The van der Waals surface area contributed by atoms with Crippen LogP contribution in [0.2, 0.25) is 0 Å². The topological polar surface area (TPSA) is 71.3 Å². The van der Waals surface area contributed by atoms with Gasteiger partial charge < -0.3 is 0 Å². The van der Waals surface area contributed by atoms with Crippen LogP contribution >= 0.6 is 0 Å². The van der Waals surface area contributed by atoms with Crippen LogP contribution in [0.5, 0.6) is 0 Å². The Bertz CT molecular complexity index is 1130. The van der Waals surface area contributed by atoms with E-state index in [1.165, 1.54) is 24.3 Å². The minimum absolute atomic E-state index is 0.124. The molecule has 0 N–H and O–H groups in total. The number of hydrogen-bond acceptors (Lipinski definition) is 5. The summed E-state index contributed by atoms with van der Waals surface area (Å²) in [6.07, 6.45) is 2.07. The Morgan fingerprint density at radius 2 is 1.86 bits per heavy atom. The van der Waals surface area contributed by atoms with Crippen LogP contribution in [-0.4, -0.2) is 64.3 Å². The van der Waals surface area contributed by atoms with Crippen molar-refractivity contribution in [3.63, 3.8) is 0 Å². The van der Waals surface area contributed by atoms with Crippen LogP contribution in [0.25, 0.3) is 11.0 Å². The maximum absolute atomic E-state index is 13.4. The van der Waals surface area contributed by atoms with Gasteiger partial charge in [0.15, 0.2) is 0 Å². The number of nitrogens with zero attached hydrogens (tertiary/aromatic N) is 5. The third-order valence-electron chi connectivity index (χ3n) is 5.97. The van der Waals surface area contributed by atoms with Gasteiger partial charge in [-0.2, -0.15) is 4.31 Å². The van der Waals surface area contributed by atoms with Gasteiger partial charge in [-0.25, -0.2) is 17.5 Å². The predicted molar refractivity (Wildman–Crippen MR) is 106 cm³/mol. The molecule has 1 aromatic heterocycles. The summed E-state index contributed by atoms with van der Waals surface area (Å²) in [5.41, 5.74) is 1.67. The van der Waals surface area contributed by atoms with Crippen LogP contribution in [0.4, 0.5) is 4.39 Å². The molecule has 2 aliphatic rings. The molecule has 2 unspecified atom stereocenters. The molecule has 2 aromatic carbocycles. The Kier molecular flexibility index (Phi) is 4.60. The molecule has 7 nitrogen and oxygen atoms in total. The second-order valence-corrected chi connectivity index (χ2v) is 9.62. The summed E-state index contributed by atoms with van der Waals surface area (Å²) in [6.45, 7) is 2.50. The second-order valence-electron chi connectivity index (χ2n) is 7.73. The molecule has 152 valence electrons. The quantitative estimate of drug-likeness (QED) is 0.653. The number of piperazine rings is 1. The van der Waals surface area contributed by atoms with Gasteiger partial charge in [-0.3, -0.25) is 4.90 Å². The van der Waals surface area contributed by atoms with E-state index in [0.717, 1.165) is 30.4 Å². The first-order valence-corrected chi connectivity index (χ1v) is 11.3. The van der Waals surface area contributed by atoms with Crippen molar-refractivity contribution in [2.24, 2.45) is 0 Å². The van der Waals surface area contributed by atoms with E-state index in [1.54, 1.807) is 8.99 Å². The minimum Gasteiger partial charge on any atom is -0.297 e. The molecule has 5 rings (SSSR count). The highest BCUT2D eigenvalue weighted by atomic mass is 32.2. The third-order valence-corrected chi connectivity index (χ3v) is 7.90. The summed E-state index contributed by atoms with van der Waals surface area (Å²) < 4.78 is 43.6. The first-order valence-electron chi connectivity index (χ1n) is 9.82. The van der Waals surface area contributed by atoms with E-state index in [0.29, 0.717) is 19.6 Å². The van der Waals surface area contributed by atoms with E-state index in [9.17, 15) is 12.8 Å². The van der Waals surface area contributed by atoms with Crippen molar-refractivity contribution in [3.8, 4) is 0 Å². The summed E-state index contributed by atoms with van der Waals surface area (Å²) in [6, 6.07) is 12.7. The molecule has 2 fully saturated rings. The first-order chi connectivity index (χ1) is 14.0. The Balaban J connectivity index is 1.51. The van der Waals surface area contributed by atoms with E-state index in [4.69, 9.17) is 0 Å². The lowest BCUT2D eigenvalue weighted by molar-refractivity contribution is 0.0978. The van der Waals surface area contributed by atoms with Crippen molar-refractivity contribution >= 4 is 21.1 Å². The van der Waals surface area contributed by atoms with E-state index in [-0.39, 0.29) is 17.0 Å². The average Bonchev–Trinajstić information content (AvgIpc) is 3.34. The van der Waals surface area contributed by atoms with Crippen LogP contribution in [0.1, 0.15) is 12.8 Å². The van der Waals surface area contributed by atoms with Gasteiger partial charge in [-0.1, -0.05) is 17.3 Å². The van der Waals surface area contributed by atoms with Crippen molar-refractivity contribution in [1.82, 2.24) is 24.2 Å². The van der Waals surface area contributed by atoms with Crippen LogP contribution < -0.4 is 0 Å². The Hall–Kier alpha value is -2.36. The monoisotopic (exact) mass is 415 g/mol. The Labute approximate surface area is 168 Å². The molecule has 0 bridgehead atoms. The lowest BCUT2D eigenvalue weighted by Gasteiger charge is -2.42. The lowest BCUT2D eigenvalue weighted by Crippen LogP contribution is -2.58. The maximum Gasteiger partial charge on any atom is 0.243 e. The van der Waals surface area contributed by atoms with E-state index in [1.807, 2.05) is 24.3 Å². The molecule has 0 amide bonds. The van der Waals surface area contributed by atoms with Gasteiger partial charge in [0.05, 0.1) is 23.0 Å². The number of rotatable bonds is 4. The zero-order chi connectivity index (χ0) is 20.0. The predicted octanol–water partition coefficient (Wildman–Crippen LogP) is 2.11. The fourth-order valence-electron chi connectivity index (χ4n) is 4.50. The summed E-state index contributed by atoms with van der Waals surface area (Å²) in [7, 11) is -3.74. The number of halogens is 1. The highest BCUT2D eigenvalue weighted by Crippen LogP contribution is 2.30. The van der Waals surface area contributed by atoms with E-state index < -0.39 is 15.8 Å². The molecule has 2 aliphatic heterocycles. The number of benzene rings is 2. The molecule has 0 aliphatic carbocycles. The van der Waals surface area contributed by atoms with Gasteiger partial charge in [-0.15, -0.1) is 5.10 Å². The van der Waals surface area contributed by atoms with E-state index in [2.05, 4.69) is 15.2 Å². The molecule has 3 heterocycles. The highest BCUT2D eigenvalue weighted by Gasteiger charge is 2.42. The number of hydrogen-bond donors (Lipinski definition) is 0. The van der Waals surface area contributed by atoms with Crippen molar-refractivity contribution < 1.29 is 12.8 Å². The smallest absolute Gasteiger partial charge is 0.243 e. The normalized spacial score (nSPS) is 23.5. The minimum atomic E-state index is -3.74. The molecule has 0 spiro atoms. The lowest BCUT2D eigenvalue weighted by atomic mass is 10.1. The van der Waals surface area contributed by atoms with Gasteiger partial charge >= 0.3 is 0 Å². The molecule has 9 heteroatoms. The first kappa shape index (κ1) is 18.7.